The Labute approximate surface area is 129 Å². The van der Waals surface area contributed by atoms with Crippen molar-refractivity contribution < 1.29 is 4.79 Å². The zero-order chi connectivity index (χ0) is 15.2. The second-order valence-electron chi connectivity index (χ2n) is 4.81. The Kier molecular flexibility index (Phi) is 5.17. The van der Waals surface area contributed by atoms with Crippen molar-refractivity contribution in [1.29, 1.82) is 0 Å². The summed E-state index contributed by atoms with van der Waals surface area (Å²) in [6.07, 6.45) is 2.29. The van der Waals surface area contributed by atoms with Crippen LogP contribution in [0.4, 0.5) is 5.69 Å². The summed E-state index contributed by atoms with van der Waals surface area (Å²) in [6.45, 7) is 3.24. The third kappa shape index (κ3) is 3.95. The number of hydrogen-bond donors (Lipinski definition) is 1. The van der Waals surface area contributed by atoms with Crippen LogP contribution in [0.25, 0.3) is 0 Å². The average Bonchev–Trinajstić information content (AvgIpc) is 2.49. The molecule has 0 saturated carbocycles. The Bertz CT molecular complexity index is 616. The number of halogens is 1. The summed E-state index contributed by atoms with van der Waals surface area (Å²) in [7, 11) is 0. The summed E-state index contributed by atoms with van der Waals surface area (Å²) in [6, 6.07) is 11.4. The van der Waals surface area contributed by atoms with Gasteiger partial charge in [-0.1, -0.05) is 48.9 Å². The Hall–Kier alpha value is -2.07. The molecule has 1 amide bonds. The minimum absolute atomic E-state index is 0.123. The molecule has 0 atom stereocenters. The number of carbonyl (C=O) groups excluding carboxylic acids is 1. The van der Waals surface area contributed by atoms with Gasteiger partial charge in [-0.2, -0.15) is 0 Å². The van der Waals surface area contributed by atoms with E-state index in [1.165, 1.54) is 12.3 Å². The number of nitrogens with two attached hydrogens (primary N) is 1. The van der Waals surface area contributed by atoms with Crippen LogP contribution in [0.15, 0.2) is 42.6 Å². The largest absolute Gasteiger partial charge is 0.397 e. The quantitative estimate of drug-likeness (QED) is 0.862. The van der Waals surface area contributed by atoms with Crippen molar-refractivity contribution in [3.8, 4) is 0 Å². The lowest BCUT2D eigenvalue weighted by Gasteiger charge is -2.23. The normalized spacial score (nSPS) is 10.4. The molecule has 1 aromatic heterocycles. The van der Waals surface area contributed by atoms with E-state index in [1.807, 2.05) is 37.3 Å². The van der Waals surface area contributed by atoms with E-state index in [-0.39, 0.29) is 11.1 Å². The van der Waals surface area contributed by atoms with E-state index >= 15 is 0 Å². The van der Waals surface area contributed by atoms with Gasteiger partial charge in [0.05, 0.1) is 17.4 Å². The predicted octanol–water partition coefficient (Wildman–Crippen LogP) is 3.37. The molecule has 0 radical (unpaired) electrons. The highest BCUT2D eigenvalue weighted by Crippen LogP contribution is 2.18. The number of nitrogens with zero attached hydrogens (tertiary/aromatic N) is 2. The lowest BCUT2D eigenvalue weighted by atomic mass is 10.1. The maximum absolute atomic E-state index is 12.7. The summed E-state index contributed by atoms with van der Waals surface area (Å²) < 4.78 is 0. The van der Waals surface area contributed by atoms with E-state index in [4.69, 9.17) is 17.3 Å². The summed E-state index contributed by atoms with van der Waals surface area (Å²) >= 11 is 5.87. The molecule has 2 rings (SSSR count). The molecule has 21 heavy (non-hydrogen) atoms. The van der Waals surface area contributed by atoms with E-state index in [0.29, 0.717) is 24.3 Å². The van der Waals surface area contributed by atoms with Crippen molar-refractivity contribution in [1.82, 2.24) is 9.88 Å². The number of anilines is 1. The van der Waals surface area contributed by atoms with Crippen molar-refractivity contribution in [3.63, 3.8) is 0 Å². The molecule has 0 aliphatic heterocycles. The van der Waals surface area contributed by atoms with Gasteiger partial charge in [0.25, 0.3) is 5.91 Å². The number of amides is 1. The number of rotatable bonds is 5. The molecule has 0 fully saturated rings. The topological polar surface area (TPSA) is 59.2 Å². The molecule has 0 aliphatic rings. The molecule has 0 saturated heterocycles. The van der Waals surface area contributed by atoms with E-state index in [2.05, 4.69) is 4.98 Å². The summed E-state index contributed by atoms with van der Waals surface area (Å²) in [5.41, 5.74) is 7.68. The SMILES string of the molecule is CCCN(Cc1ccccc1)C(=O)c1cc(Cl)ncc1N. The van der Waals surface area contributed by atoms with Crippen LogP contribution >= 0.6 is 11.6 Å². The van der Waals surface area contributed by atoms with Crippen molar-refractivity contribution in [2.75, 3.05) is 12.3 Å². The van der Waals surface area contributed by atoms with Gasteiger partial charge in [-0.3, -0.25) is 4.79 Å². The standard InChI is InChI=1S/C16H18ClN3O/c1-2-8-20(11-12-6-4-3-5-7-12)16(21)13-9-15(17)19-10-14(13)18/h3-7,9-10H,2,8,11,18H2,1H3. The minimum Gasteiger partial charge on any atom is -0.397 e. The molecule has 4 nitrogen and oxygen atoms in total. The fourth-order valence-corrected chi connectivity index (χ4v) is 2.28. The van der Waals surface area contributed by atoms with Crippen LogP contribution in [0, 0.1) is 0 Å². The zero-order valence-corrected chi connectivity index (χ0v) is 12.7. The third-order valence-electron chi connectivity index (χ3n) is 3.13. The summed E-state index contributed by atoms with van der Waals surface area (Å²) in [5.74, 6) is -0.123. The predicted molar refractivity (Wildman–Crippen MR) is 85.1 cm³/mol. The molecule has 1 aromatic carbocycles. The van der Waals surface area contributed by atoms with Gasteiger partial charge >= 0.3 is 0 Å². The molecule has 0 unspecified atom stereocenters. The molecule has 0 bridgehead atoms. The Balaban J connectivity index is 2.25. The number of aromatic nitrogens is 1. The maximum Gasteiger partial charge on any atom is 0.256 e. The highest BCUT2D eigenvalue weighted by Gasteiger charge is 2.18. The summed E-state index contributed by atoms with van der Waals surface area (Å²) in [4.78, 5) is 18.3. The van der Waals surface area contributed by atoms with Crippen molar-refractivity contribution in [2.24, 2.45) is 0 Å². The van der Waals surface area contributed by atoms with E-state index in [9.17, 15) is 4.79 Å². The molecule has 2 N–H and O–H groups in total. The van der Waals surface area contributed by atoms with Gasteiger partial charge in [0.2, 0.25) is 0 Å². The van der Waals surface area contributed by atoms with Crippen LogP contribution in [-0.4, -0.2) is 22.3 Å². The molecule has 2 aromatic rings. The average molecular weight is 304 g/mol. The lowest BCUT2D eigenvalue weighted by molar-refractivity contribution is 0.0744. The highest BCUT2D eigenvalue weighted by molar-refractivity contribution is 6.29. The fourth-order valence-electron chi connectivity index (χ4n) is 2.12. The van der Waals surface area contributed by atoms with Crippen LogP contribution in [0.1, 0.15) is 29.3 Å². The van der Waals surface area contributed by atoms with Gasteiger partial charge < -0.3 is 10.6 Å². The minimum atomic E-state index is -0.123. The first kappa shape index (κ1) is 15.3. The molecule has 0 spiro atoms. The molecule has 5 heteroatoms. The Morgan fingerprint density at radius 2 is 2.05 bits per heavy atom. The van der Waals surface area contributed by atoms with Gasteiger partial charge in [0.15, 0.2) is 0 Å². The fraction of sp³-hybridized carbons (Fsp3) is 0.250. The zero-order valence-electron chi connectivity index (χ0n) is 11.9. The molecule has 0 aliphatic carbocycles. The van der Waals surface area contributed by atoms with Crippen LogP contribution in [0.2, 0.25) is 5.15 Å². The van der Waals surface area contributed by atoms with Gasteiger partial charge in [-0.05, 0) is 18.1 Å². The molecule has 1 heterocycles. The van der Waals surface area contributed by atoms with E-state index < -0.39 is 0 Å². The molecule has 110 valence electrons. The van der Waals surface area contributed by atoms with Crippen LogP contribution in [0.5, 0.6) is 0 Å². The first-order valence-electron chi connectivity index (χ1n) is 6.86. The molecular weight excluding hydrogens is 286 g/mol. The van der Waals surface area contributed by atoms with E-state index in [1.54, 1.807) is 4.90 Å². The van der Waals surface area contributed by atoms with Gasteiger partial charge in [-0.15, -0.1) is 0 Å². The number of pyridine rings is 1. The first-order chi connectivity index (χ1) is 10.1. The monoisotopic (exact) mass is 303 g/mol. The maximum atomic E-state index is 12.7. The van der Waals surface area contributed by atoms with Crippen molar-refractivity contribution in [3.05, 3.63) is 58.9 Å². The number of carbonyl (C=O) groups is 1. The van der Waals surface area contributed by atoms with Crippen molar-refractivity contribution >= 4 is 23.2 Å². The van der Waals surface area contributed by atoms with Crippen molar-refractivity contribution in [2.45, 2.75) is 19.9 Å². The smallest absolute Gasteiger partial charge is 0.256 e. The lowest BCUT2D eigenvalue weighted by Crippen LogP contribution is -2.31. The van der Waals surface area contributed by atoms with Gasteiger partial charge in [-0.25, -0.2) is 4.98 Å². The Morgan fingerprint density at radius 3 is 2.71 bits per heavy atom. The van der Waals surface area contributed by atoms with E-state index in [0.717, 1.165) is 12.0 Å². The van der Waals surface area contributed by atoms with Gasteiger partial charge in [0, 0.05) is 13.1 Å². The number of hydrogen-bond acceptors (Lipinski definition) is 3. The highest BCUT2D eigenvalue weighted by atomic mass is 35.5. The number of nitrogen functional groups attached to an aromatic ring is 1. The Morgan fingerprint density at radius 1 is 1.33 bits per heavy atom. The van der Waals surface area contributed by atoms with Gasteiger partial charge in [0.1, 0.15) is 5.15 Å². The molecular formula is C16H18ClN3O. The second-order valence-corrected chi connectivity index (χ2v) is 5.19. The second kappa shape index (κ2) is 7.09. The number of benzene rings is 1. The first-order valence-corrected chi connectivity index (χ1v) is 7.23. The summed E-state index contributed by atoms with van der Waals surface area (Å²) in [5, 5.41) is 0.267. The third-order valence-corrected chi connectivity index (χ3v) is 3.34. The van der Waals surface area contributed by atoms with Crippen LogP contribution in [-0.2, 0) is 6.54 Å². The van der Waals surface area contributed by atoms with Crippen LogP contribution in [0.3, 0.4) is 0 Å². The van der Waals surface area contributed by atoms with Crippen LogP contribution < -0.4 is 5.73 Å².